The number of carboxylic acids is 1. The minimum atomic E-state index is -1.64. The number of hydrogen-bond acceptors (Lipinski definition) is 7. The van der Waals surface area contributed by atoms with Gasteiger partial charge in [0.2, 0.25) is 35.4 Å². The summed E-state index contributed by atoms with van der Waals surface area (Å²) in [4.78, 5) is 98.5. The third-order valence-electron chi connectivity index (χ3n) is 9.97. The van der Waals surface area contributed by atoms with Crippen molar-refractivity contribution in [2.75, 3.05) is 0 Å². The lowest BCUT2D eigenvalue weighted by Gasteiger charge is -2.26. The third-order valence-corrected chi connectivity index (χ3v) is 9.97. The number of benzene rings is 2. The average molecular weight is 815 g/mol. The molecule has 0 aliphatic heterocycles. The molecule has 59 heavy (non-hydrogen) atoms. The zero-order valence-electron chi connectivity index (χ0n) is 34.0. The van der Waals surface area contributed by atoms with Gasteiger partial charge in [0.1, 0.15) is 24.2 Å². The van der Waals surface area contributed by atoms with Crippen molar-refractivity contribution in [3.05, 3.63) is 72.1 Å². The van der Waals surface area contributed by atoms with Crippen LogP contribution in [0, 0.1) is 0 Å². The summed E-state index contributed by atoms with van der Waals surface area (Å²) in [5, 5.41) is 24.2. The van der Waals surface area contributed by atoms with E-state index in [1.54, 1.807) is 26.2 Å². The number of amides is 6. The average Bonchev–Trinajstić information content (AvgIpc) is 3.79. The Hall–Kier alpha value is -6.19. The van der Waals surface area contributed by atoms with Crippen molar-refractivity contribution < 1.29 is 38.7 Å². The summed E-state index contributed by atoms with van der Waals surface area (Å²) in [6.45, 7) is 5.47. The van der Waals surface area contributed by atoms with Gasteiger partial charge >= 0.3 is 5.97 Å². The number of carbonyl (C=O) groups excluding carboxylic acids is 6. The van der Waals surface area contributed by atoms with Gasteiger partial charge in [0.05, 0.1) is 12.8 Å². The molecule has 6 amide bonds. The van der Waals surface area contributed by atoms with Crippen molar-refractivity contribution in [1.82, 2.24) is 36.6 Å². The second kappa shape index (κ2) is 22.7. The second-order valence-corrected chi connectivity index (χ2v) is 15.2. The predicted molar refractivity (Wildman–Crippen MR) is 224 cm³/mol. The number of fused-ring (bicyclic) bond motifs is 2. The fourth-order valence-electron chi connectivity index (χ4n) is 6.96. The molecule has 2 aromatic heterocycles. The Kier molecular flexibility index (Phi) is 17.5. The molecule has 2 heterocycles. The number of rotatable bonds is 25. The van der Waals surface area contributed by atoms with E-state index in [0.717, 1.165) is 59.5 Å². The maximum Gasteiger partial charge on any atom is 0.305 e. The number of aromatic nitrogens is 2. The number of H-pyrrole nitrogens is 2. The molecule has 0 bridgehead atoms. The zero-order valence-corrected chi connectivity index (χ0v) is 34.0. The number of nitrogens with two attached hydrogens (primary N) is 1. The molecule has 10 N–H and O–H groups in total. The maximum absolute atomic E-state index is 14.4. The van der Waals surface area contributed by atoms with Crippen molar-refractivity contribution in [2.24, 2.45) is 5.73 Å². The molecule has 4 rings (SSSR count). The first-order valence-electron chi connectivity index (χ1n) is 20.4. The number of aliphatic carboxylic acids is 1. The van der Waals surface area contributed by atoms with Crippen LogP contribution in [0.5, 0.6) is 0 Å². The number of aromatic amines is 2. The van der Waals surface area contributed by atoms with Gasteiger partial charge in [-0.1, -0.05) is 81.8 Å². The predicted octanol–water partition coefficient (Wildman–Crippen LogP) is 3.39. The standard InChI is InChI=1S/C43H58N8O8/c1-4-5-6-7-8-9-10-19-38(53)48-33(20-27-24-45-31-17-13-11-15-29(27)31)41(57)49-34(21-28-25-46-32-18-14-12-16-30(28)32)42(58)50-35(22-37(44)52)43(59)51-36(23-39(54)55)40(56)47-26(2)3/h11-18,24-26,33-36,45-46H,4-10,19-23H2,1-3H3,(H2,44,52)(H,47,56)(H,48,53)(H,49,57)(H,50,58)(H,51,59)(H,54,55). The molecular formula is C43H58N8O8. The minimum Gasteiger partial charge on any atom is -0.481 e. The van der Waals surface area contributed by atoms with Gasteiger partial charge in [-0.25, -0.2) is 0 Å². The SMILES string of the molecule is CCCCCCCCCC(=O)NC(Cc1c[nH]c2ccccc12)C(=O)NC(Cc1c[nH]c2ccccc12)C(=O)NC(CC(N)=O)C(=O)NC(CC(=O)O)C(=O)NC(C)C. The fourth-order valence-corrected chi connectivity index (χ4v) is 6.96. The monoisotopic (exact) mass is 814 g/mol. The van der Waals surface area contributed by atoms with Crippen LogP contribution in [0.2, 0.25) is 0 Å². The summed E-state index contributed by atoms with van der Waals surface area (Å²) in [7, 11) is 0. The van der Waals surface area contributed by atoms with Crippen molar-refractivity contribution in [3.63, 3.8) is 0 Å². The molecular weight excluding hydrogens is 757 g/mol. The maximum atomic E-state index is 14.4. The van der Waals surface area contributed by atoms with E-state index in [9.17, 15) is 38.7 Å². The molecule has 16 nitrogen and oxygen atoms in total. The third kappa shape index (κ3) is 14.3. The van der Waals surface area contributed by atoms with Gasteiger partial charge in [-0.2, -0.15) is 0 Å². The Bertz CT molecular complexity index is 2070. The zero-order chi connectivity index (χ0) is 42.9. The number of carboxylic acid groups (broad SMARTS) is 1. The molecule has 16 heteroatoms. The number of primary amides is 1. The number of unbranched alkanes of at least 4 members (excludes halogenated alkanes) is 6. The van der Waals surface area contributed by atoms with Crippen LogP contribution in [0.15, 0.2) is 60.9 Å². The second-order valence-electron chi connectivity index (χ2n) is 15.2. The van der Waals surface area contributed by atoms with E-state index in [1.165, 1.54) is 6.42 Å². The van der Waals surface area contributed by atoms with E-state index < -0.39 is 72.5 Å². The highest BCUT2D eigenvalue weighted by Gasteiger charge is 2.33. The molecule has 4 unspecified atom stereocenters. The number of para-hydroxylation sites is 2. The van der Waals surface area contributed by atoms with Gasteiger partial charge in [0, 0.05) is 59.5 Å². The van der Waals surface area contributed by atoms with Gasteiger partial charge in [-0.3, -0.25) is 33.6 Å². The Morgan fingerprint density at radius 1 is 0.593 bits per heavy atom. The number of hydrogen-bond donors (Lipinski definition) is 9. The van der Waals surface area contributed by atoms with E-state index in [0.29, 0.717) is 12.0 Å². The molecule has 0 radical (unpaired) electrons. The normalized spacial score (nSPS) is 13.3. The molecule has 318 valence electrons. The summed E-state index contributed by atoms with van der Waals surface area (Å²) in [5.41, 5.74) is 8.52. The molecule has 0 fully saturated rings. The highest BCUT2D eigenvalue weighted by atomic mass is 16.4. The molecule has 0 saturated carbocycles. The smallest absolute Gasteiger partial charge is 0.305 e. The van der Waals surface area contributed by atoms with Gasteiger partial charge in [0.15, 0.2) is 0 Å². The molecule has 0 aliphatic rings. The van der Waals surface area contributed by atoms with Gasteiger partial charge in [-0.15, -0.1) is 0 Å². The van der Waals surface area contributed by atoms with Crippen LogP contribution in [0.25, 0.3) is 21.8 Å². The van der Waals surface area contributed by atoms with Crippen molar-refractivity contribution in [1.29, 1.82) is 0 Å². The highest BCUT2D eigenvalue weighted by molar-refractivity contribution is 5.98. The minimum absolute atomic E-state index is 0.0727. The largest absolute Gasteiger partial charge is 0.481 e. The van der Waals surface area contributed by atoms with E-state index >= 15 is 0 Å². The lowest BCUT2D eigenvalue weighted by molar-refractivity contribution is -0.141. The lowest BCUT2D eigenvalue weighted by atomic mass is 10.0. The van der Waals surface area contributed by atoms with Crippen LogP contribution in [0.4, 0.5) is 0 Å². The fraction of sp³-hybridized carbons (Fsp3) is 0.465. The van der Waals surface area contributed by atoms with E-state index in [2.05, 4.69) is 43.5 Å². The van der Waals surface area contributed by atoms with Crippen LogP contribution in [-0.4, -0.2) is 86.7 Å². The van der Waals surface area contributed by atoms with Gasteiger partial charge < -0.3 is 47.4 Å². The topological polar surface area (TPSA) is 257 Å². The van der Waals surface area contributed by atoms with E-state index in [-0.39, 0.29) is 31.2 Å². The molecule has 2 aromatic carbocycles. The first-order valence-corrected chi connectivity index (χ1v) is 20.4. The van der Waals surface area contributed by atoms with Crippen molar-refractivity contribution in [3.8, 4) is 0 Å². The first kappa shape index (κ1) is 45.5. The van der Waals surface area contributed by atoms with Crippen LogP contribution in [-0.2, 0) is 46.4 Å². The van der Waals surface area contributed by atoms with Gasteiger partial charge in [-0.05, 0) is 43.5 Å². The molecule has 4 atom stereocenters. The number of nitrogens with one attached hydrogen (secondary N) is 7. The van der Waals surface area contributed by atoms with Crippen LogP contribution < -0.4 is 32.3 Å². The first-order chi connectivity index (χ1) is 28.2. The van der Waals surface area contributed by atoms with Crippen molar-refractivity contribution >= 4 is 63.2 Å². The summed E-state index contributed by atoms with van der Waals surface area (Å²) < 4.78 is 0. The molecule has 0 saturated heterocycles. The Labute approximate surface area is 343 Å². The van der Waals surface area contributed by atoms with E-state index in [4.69, 9.17) is 5.73 Å². The summed E-state index contributed by atoms with van der Waals surface area (Å²) in [5.74, 6) is -5.99. The molecule has 0 spiro atoms. The Balaban J connectivity index is 1.61. The number of carbonyl (C=O) groups is 7. The Morgan fingerprint density at radius 2 is 1.03 bits per heavy atom. The highest BCUT2D eigenvalue weighted by Crippen LogP contribution is 2.21. The summed E-state index contributed by atoms with van der Waals surface area (Å²) >= 11 is 0. The van der Waals surface area contributed by atoms with Crippen LogP contribution >= 0.6 is 0 Å². The van der Waals surface area contributed by atoms with E-state index in [1.807, 2.05) is 48.5 Å². The quantitative estimate of drug-likeness (QED) is 0.0447. The van der Waals surface area contributed by atoms with Crippen LogP contribution in [0.3, 0.4) is 0 Å². The lowest BCUT2D eigenvalue weighted by Crippen LogP contribution is -2.59. The molecule has 0 aliphatic carbocycles. The summed E-state index contributed by atoms with van der Waals surface area (Å²) in [6, 6.07) is 8.88. The van der Waals surface area contributed by atoms with Crippen LogP contribution in [0.1, 0.15) is 96.1 Å². The molecule has 4 aromatic rings. The summed E-state index contributed by atoms with van der Waals surface area (Å²) in [6.07, 6.45) is 9.34. The van der Waals surface area contributed by atoms with Crippen molar-refractivity contribution in [2.45, 2.75) is 128 Å². The van der Waals surface area contributed by atoms with Gasteiger partial charge in [0.25, 0.3) is 0 Å². The Morgan fingerprint density at radius 3 is 1.54 bits per heavy atom.